The SMILES string of the molecule is CC(=O)OCC(=O)C1CCC2C3CC(O)C4=CC(C(=O)O)CCC4(C)C3CCC12C. The second kappa shape index (κ2) is 7.47. The Morgan fingerprint density at radius 1 is 1.10 bits per heavy atom. The smallest absolute Gasteiger partial charge is 0.310 e. The molecule has 0 bridgehead atoms. The van der Waals surface area contributed by atoms with Gasteiger partial charge in [-0.15, -0.1) is 0 Å². The number of ether oxygens (including phenoxy) is 1. The van der Waals surface area contributed by atoms with Crippen molar-refractivity contribution in [2.75, 3.05) is 6.61 Å². The number of carboxylic acids is 1. The number of esters is 1. The Morgan fingerprint density at radius 3 is 2.50 bits per heavy atom. The first-order valence-electron chi connectivity index (χ1n) is 11.4. The van der Waals surface area contributed by atoms with Gasteiger partial charge in [0.15, 0.2) is 5.78 Å². The maximum absolute atomic E-state index is 12.8. The predicted octanol–water partition coefficient (Wildman–Crippen LogP) is 3.37. The second-order valence-corrected chi connectivity index (χ2v) is 10.6. The molecule has 0 aromatic heterocycles. The molecule has 30 heavy (non-hydrogen) atoms. The van der Waals surface area contributed by atoms with Crippen LogP contribution in [0.25, 0.3) is 0 Å². The van der Waals surface area contributed by atoms with E-state index in [1.807, 2.05) is 6.08 Å². The molecule has 8 unspecified atom stereocenters. The van der Waals surface area contributed by atoms with Crippen molar-refractivity contribution in [3.8, 4) is 0 Å². The van der Waals surface area contributed by atoms with Gasteiger partial charge in [-0.25, -0.2) is 0 Å². The first kappa shape index (κ1) is 21.5. The van der Waals surface area contributed by atoms with E-state index in [-0.39, 0.29) is 29.1 Å². The van der Waals surface area contributed by atoms with Crippen LogP contribution in [0.4, 0.5) is 0 Å². The minimum atomic E-state index is -0.806. The summed E-state index contributed by atoms with van der Waals surface area (Å²) in [4.78, 5) is 35.5. The van der Waals surface area contributed by atoms with Gasteiger partial charge in [-0.3, -0.25) is 14.4 Å². The first-order chi connectivity index (χ1) is 14.1. The van der Waals surface area contributed by atoms with Crippen LogP contribution in [-0.4, -0.2) is 40.6 Å². The molecule has 2 N–H and O–H groups in total. The number of fused-ring (bicyclic) bond motifs is 5. The molecule has 0 spiro atoms. The highest BCUT2D eigenvalue weighted by Gasteiger charge is 2.61. The Hall–Kier alpha value is -1.69. The number of aliphatic hydroxyl groups excluding tert-OH is 1. The van der Waals surface area contributed by atoms with Crippen molar-refractivity contribution in [1.82, 2.24) is 0 Å². The van der Waals surface area contributed by atoms with Gasteiger partial charge in [-0.2, -0.15) is 0 Å². The van der Waals surface area contributed by atoms with Gasteiger partial charge >= 0.3 is 11.9 Å². The topological polar surface area (TPSA) is 101 Å². The number of Topliss-reactive ketones (excluding diaryl/α,β-unsaturated/α-hetero) is 1. The summed E-state index contributed by atoms with van der Waals surface area (Å²) >= 11 is 0. The zero-order valence-electron chi connectivity index (χ0n) is 18.2. The summed E-state index contributed by atoms with van der Waals surface area (Å²) in [5.41, 5.74) is 0.662. The molecule has 0 aliphatic heterocycles. The molecule has 0 amide bonds. The van der Waals surface area contributed by atoms with Gasteiger partial charge in [0.1, 0.15) is 6.61 Å². The molecule has 3 saturated carbocycles. The Morgan fingerprint density at radius 2 is 1.83 bits per heavy atom. The molecule has 3 fully saturated rings. The summed E-state index contributed by atoms with van der Waals surface area (Å²) in [5, 5.41) is 20.5. The third-order valence-corrected chi connectivity index (χ3v) is 9.25. The Labute approximate surface area is 178 Å². The van der Waals surface area contributed by atoms with Crippen LogP contribution in [0.3, 0.4) is 0 Å². The lowest BCUT2D eigenvalue weighted by molar-refractivity contribution is -0.149. The molecule has 0 saturated heterocycles. The van der Waals surface area contributed by atoms with Crippen LogP contribution in [-0.2, 0) is 19.1 Å². The Kier molecular flexibility index (Phi) is 5.36. The molecule has 166 valence electrons. The summed E-state index contributed by atoms with van der Waals surface area (Å²) in [7, 11) is 0. The summed E-state index contributed by atoms with van der Waals surface area (Å²) in [5.74, 6) is -0.663. The van der Waals surface area contributed by atoms with Crippen LogP contribution < -0.4 is 0 Å². The maximum atomic E-state index is 12.8. The number of carbonyl (C=O) groups is 3. The number of rotatable bonds is 4. The van der Waals surface area contributed by atoms with E-state index in [4.69, 9.17) is 4.74 Å². The van der Waals surface area contributed by atoms with Gasteiger partial charge in [0.05, 0.1) is 12.0 Å². The lowest BCUT2D eigenvalue weighted by Crippen LogP contribution is -2.54. The van der Waals surface area contributed by atoms with Gasteiger partial charge < -0.3 is 14.9 Å². The van der Waals surface area contributed by atoms with Gasteiger partial charge in [0.25, 0.3) is 0 Å². The maximum Gasteiger partial charge on any atom is 0.310 e. The highest BCUT2D eigenvalue weighted by molar-refractivity contribution is 5.85. The molecule has 4 rings (SSSR count). The van der Waals surface area contributed by atoms with Crippen molar-refractivity contribution >= 4 is 17.7 Å². The lowest BCUT2D eigenvalue weighted by Gasteiger charge is -2.59. The molecule has 6 heteroatoms. The van der Waals surface area contributed by atoms with E-state index in [9.17, 15) is 24.6 Å². The number of ketones is 1. The van der Waals surface area contributed by atoms with Crippen LogP contribution >= 0.6 is 0 Å². The number of hydrogen-bond acceptors (Lipinski definition) is 5. The van der Waals surface area contributed by atoms with Crippen molar-refractivity contribution in [3.63, 3.8) is 0 Å². The minimum Gasteiger partial charge on any atom is -0.481 e. The standard InChI is InChI=1S/C24H34O6/c1-13(25)30-12-21(27)18-5-4-16-15-11-20(26)19-10-14(22(28)29)6-8-24(19,3)17(15)7-9-23(16,18)2/h10,14-18,20,26H,4-9,11-12H2,1-3H3,(H,28,29). The average molecular weight is 419 g/mol. The van der Waals surface area contributed by atoms with Crippen LogP contribution in [0.5, 0.6) is 0 Å². The minimum absolute atomic E-state index is 0.0266. The van der Waals surface area contributed by atoms with E-state index >= 15 is 0 Å². The highest BCUT2D eigenvalue weighted by Crippen LogP contribution is 2.67. The van der Waals surface area contributed by atoms with E-state index in [0.29, 0.717) is 30.6 Å². The van der Waals surface area contributed by atoms with Crippen molar-refractivity contribution in [2.45, 2.75) is 71.8 Å². The quantitative estimate of drug-likeness (QED) is 0.536. The van der Waals surface area contributed by atoms with E-state index in [1.165, 1.54) is 6.92 Å². The highest BCUT2D eigenvalue weighted by atomic mass is 16.5. The predicted molar refractivity (Wildman–Crippen MR) is 109 cm³/mol. The van der Waals surface area contributed by atoms with Gasteiger partial charge in [-0.05, 0) is 79.1 Å². The Balaban J connectivity index is 1.58. The molecule has 8 atom stereocenters. The molecule has 0 radical (unpaired) electrons. The second-order valence-electron chi connectivity index (χ2n) is 10.6. The number of aliphatic hydroxyl groups is 1. The summed E-state index contributed by atoms with van der Waals surface area (Å²) in [6, 6.07) is 0. The van der Waals surface area contributed by atoms with Crippen molar-refractivity contribution in [3.05, 3.63) is 11.6 Å². The largest absolute Gasteiger partial charge is 0.481 e. The fraction of sp³-hybridized carbons (Fsp3) is 0.792. The van der Waals surface area contributed by atoms with Crippen LogP contribution in [0, 0.1) is 40.4 Å². The number of carboxylic acid groups (broad SMARTS) is 1. The van der Waals surface area contributed by atoms with Crippen LogP contribution in [0.1, 0.15) is 65.7 Å². The molecule has 0 aromatic carbocycles. The van der Waals surface area contributed by atoms with Crippen LogP contribution in [0.15, 0.2) is 11.6 Å². The number of aliphatic carboxylic acids is 1. The number of hydrogen-bond donors (Lipinski definition) is 2. The van der Waals surface area contributed by atoms with E-state index in [0.717, 1.165) is 37.7 Å². The molecular formula is C24H34O6. The van der Waals surface area contributed by atoms with Gasteiger partial charge in [0.2, 0.25) is 0 Å². The molecule has 6 nitrogen and oxygen atoms in total. The molecule has 4 aliphatic carbocycles. The van der Waals surface area contributed by atoms with Crippen molar-refractivity contribution in [2.24, 2.45) is 40.4 Å². The van der Waals surface area contributed by atoms with Crippen LogP contribution in [0.2, 0.25) is 0 Å². The molecule has 0 aromatic rings. The fourth-order valence-electron chi connectivity index (χ4n) is 7.77. The zero-order valence-corrected chi connectivity index (χ0v) is 18.2. The third-order valence-electron chi connectivity index (χ3n) is 9.25. The monoisotopic (exact) mass is 418 g/mol. The lowest BCUT2D eigenvalue weighted by atomic mass is 9.46. The molecule has 0 heterocycles. The van der Waals surface area contributed by atoms with Crippen molar-refractivity contribution < 1.29 is 29.3 Å². The average Bonchev–Trinajstić information content (AvgIpc) is 3.03. The Bertz CT molecular complexity index is 787. The number of carbonyl (C=O) groups excluding carboxylic acids is 2. The van der Waals surface area contributed by atoms with E-state index in [1.54, 1.807) is 0 Å². The molecular weight excluding hydrogens is 384 g/mol. The molecule has 4 aliphatic rings. The fourth-order valence-corrected chi connectivity index (χ4v) is 7.77. The van der Waals surface area contributed by atoms with E-state index in [2.05, 4.69) is 13.8 Å². The summed E-state index contributed by atoms with van der Waals surface area (Å²) in [6.07, 6.45) is 7.04. The van der Waals surface area contributed by atoms with Gasteiger partial charge in [-0.1, -0.05) is 19.9 Å². The summed E-state index contributed by atoms with van der Waals surface area (Å²) in [6.45, 7) is 5.63. The third kappa shape index (κ3) is 3.22. The van der Waals surface area contributed by atoms with Crippen molar-refractivity contribution in [1.29, 1.82) is 0 Å². The normalized spacial score (nSPS) is 44.9. The first-order valence-corrected chi connectivity index (χ1v) is 11.4. The van der Waals surface area contributed by atoms with E-state index < -0.39 is 24.0 Å². The summed E-state index contributed by atoms with van der Waals surface area (Å²) < 4.78 is 5.00. The zero-order chi connectivity index (χ0) is 21.8. The van der Waals surface area contributed by atoms with Gasteiger partial charge in [0, 0.05) is 12.8 Å².